The van der Waals surface area contributed by atoms with Gasteiger partial charge in [-0.15, -0.1) is 0 Å². The third-order valence-electron chi connectivity index (χ3n) is 3.70. The zero-order chi connectivity index (χ0) is 12.8. The van der Waals surface area contributed by atoms with E-state index in [9.17, 15) is 0 Å². The van der Waals surface area contributed by atoms with E-state index < -0.39 is 0 Å². The van der Waals surface area contributed by atoms with Crippen molar-refractivity contribution in [1.82, 2.24) is 4.98 Å². The zero-order valence-electron chi connectivity index (χ0n) is 10.7. The van der Waals surface area contributed by atoms with E-state index in [4.69, 9.17) is 4.42 Å². The molecule has 1 aliphatic heterocycles. The van der Waals surface area contributed by atoms with E-state index in [1.165, 1.54) is 11.3 Å². The van der Waals surface area contributed by atoms with Gasteiger partial charge in [-0.2, -0.15) is 4.98 Å². The van der Waals surface area contributed by atoms with E-state index in [2.05, 4.69) is 41.1 Å². The first kappa shape index (κ1) is 10.6. The van der Waals surface area contributed by atoms with Crippen LogP contribution in [-0.2, 0) is 6.42 Å². The predicted octanol–water partition coefficient (Wildman–Crippen LogP) is 3.91. The highest BCUT2D eigenvalue weighted by molar-refractivity contribution is 5.77. The number of fused-ring (bicyclic) bond motifs is 2. The Morgan fingerprint density at radius 3 is 2.79 bits per heavy atom. The van der Waals surface area contributed by atoms with Crippen molar-refractivity contribution in [3.63, 3.8) is 0 Å². The van der Waals surface area contributed by atoms with Crippen molar-refractivity contribution in [2.75, 3.05) is 4.90 Å². The SMILES string of the molecule is C[C@@H]1Cc2ccccc2N1c1nc2ccccc2o1. The molecule has 0 amide bonds. The van der Waals surface area contributed by atoms with Crippen LogP contribution in [0.25, 0.3) is 11.1 Å². The Balaban J connectivity index is 1.87. The summed E-state index contributed by atoms with van der Waals surface area (Å²) in [4.78, 5) is 6.79. The van der Waals surface area contributed by atoms with Gasteiger partial charge in [0.1, 0.15) is 5.52 Å². The molecule has 0 bridgehead atoms. The van der Waals surface area contributed by atoms with Gasteiger partial charge < -0.3 is 4.42 Å². The molecule has 0 spiro atoms. The molecule has 0 radical (unpaired) electrons. The van der Waals surface area contributed by atoms with Gasteiger partial charge in [0.25, 0.3) is 0 Å². The molecule has 0 aliphatic carbocycles. The van der Waals surface area contributed by atoms with Crippen LogP contribution in [0.4, 0.5) is 11.7 Å². The van der Waals surface area contributed by atoms with E-state index >= 15 is 0 Å². The van der Waals surface area contributed by atoms with Gasteiger partial charge in [0.15, 0.2) is 5.58 Å². The molecule has 2 heterocycles. The number of aromatic nitrogens is 1. The predicted molar refractivity (Wildman–Crippen MR) is 75.8 cm³/mol. The van der Waals surface area contributed by atoms with Crippen molar-refractivity contribution in [3.8, 4) is 0 Å². The average Bonchev–Trinajstić information content (AvgIpc) is 2.97. The fourth-order valence-corrected chi connectivity index (χ4v) is 2.82. The van der Waals surface area contributed by atoms with E-state index in [1.807, 2.05) is 24.3 Å². The lowest BCUT2D eigenvalue weighted by Crippen LogP contribution is -2.24. The van der Waals surface area contributed by atoms with Crippen LogP contribution in [0.2, 0.25) is 0 Å². The van der Waals surface area contributed by atoms with E-state index in [0.717, 1.165) is 17.5 Å². The maximum absolute atomic E-state index is 5.89. The highest BCUT2D eigenvalue weighted by Gasteiger charge is 2.30. The minimum atomic E-state index is 0.380. The number of benzene rings is 2. The fraction of sp³-hybridized carbons (Fsp3) is 0.188. The Labute approximate surface area is 111 Å². The van der Waals surface area contributed by atoms with Crippen LogP contribution in [0.1, 0.15) is 12.5 Å². The Hall–Kier alpha value is -2.29. The Kier molecular flexibility index (Phi) is 2.15. The number of anilines is 2. The van der Waals surface area contributed by atoms with Crippen molar-refractivity contribution in [2.24, 2.45) is 0 Å². The summed E-state index contributed by atoms with van der Waals surface area (Å²) < 4.78 is 5.89. The van der Waals surface area contributed by atoms with Crippen LogP contribution in [0.15, 0.2) is 52.9 Å². The number of hydrogen-bond acceptors (Lipinski definition) is 3. The summed E-state index contributed by atoms with van der Waals surface area (Å²) in [5.74, 6) is 0. The molecule has 1 aromatic heterocycles. The third kappa shape index (κ3) is 1.55. The maximum Gasteiger partial charge on any atom is 0.303 e. The molecule has 3 nitrogen and oxygen atoms in total. The molecule has 1 atom stereocenters. The van der Waals surface area contributed by atoms with E-state index in [1.54, 1.807) is 0 Å². The van der Waals surface area contributed by atoms with Crippen LogP contribution in [0, 0.1) is 0 Å². The number of oxazole rings is 1. The van der Waals surface area contributed by atoms with Gasteiger partial charge >= 0.3 is 6.01 Å². The lowest BCUT2D eigenvalue weighted by Gasteiger charge is -2.19. The summed E-state index contributed by atoms with van der Waals surface area (Å²) in [5.41, 5.74) is 4.32. The zero-order valence-corrected chi connectivity index (χ0v) is 10.7. The highest BCUT2D eigenvalue weighted by Crippen LogP contribution is 2.38. The molecular weight excluding hydrogens is 236 g/mol. The van der Waals surface area contributed by atoms with Crippen molar-refractivity contribution >= 4 is 22.8 Å². The van der Waals surface area contributed by atoms with Gasteiger partial charge in [-0.3, -0.25) is 4.90 Å². The molecule has 3 heteroatoms. The summed E-state index contributed by atoms with van der Waals surface area (Å²) in [6.07, 6.45) is 1.04. The lowest BCUT2D eigenvalue weighted by molar-refractivity contribution is 0.573. The van der Waals surface area contributed by atoms with Crippen LogP contribution >= 0.6 is 0 Å². The Morgan fingerprint density at radius 1 is 1.11 bits per heavy atom. The maximum atomic E-state index is 5.89. The van der Waals surface area contributed by atoms with Crippen molar-refractivity contribution in [3.05, 3.63) is 54.1 Å². The molecule has 1 aliphatic rings. The fourth-order valence-electron chi connectivity index (χ4n) is 2.82. The number of para-hydroxylation sites is 3. The van der Waals surface area contributed by atoms with Gasteiger partial charge in [0.2, 0.25) is 0 Å². The molecule has 0 unspecified atom stereocenters. The largest absolute Gasteiger partial charge is 0.423 e. The van der Waals surface area contributed by atoms with E-state index in [-0.39, 0.29) is 0 Å². The summed E-state index contributed by atoms with van der Waals surface area (Å²) in [7, 11) is 0. The molecule has 3 aromatic rings. The molecule has 0 N–H and O–H groups in total. The van der Waals surface area contributed by atoms with Gasteiger partial charge in [0.05, 0.1) is 0 Å². The molecular formula is C16H14N2O. The second-order valence-corrected chi connectivity index (χ2v) is 5.02. The van der Waals surface area contributed by atoms with Crippen LogP contribution < -0.4 is 4.90 Å². The molecule has 94 valence electrons. The summed E-state index contributed by atoms with van der Waals surface area (Å²) in [6, 6.07) is 17.4. The second kappa shape index (κ2) is 3.85. The molecule has 2 aromatic carbocycles. The van der Waals surface area contributed by atoms with E-state index in [0.29, 0.717) is 12.1 Å². The number of nitrogens with zero attached hydrogens (tertiary/aromatic N) is 2. The van der Waals surface area contributed by atoms with Gasteiger partial charge in [-0.25, -0.2) is 0 Å². The average molecular weight is 250 g/mol. The second-order valence-electron chi connectivity index (χ2n) is 5.02. The van der Waals surface area contributed by atoms with Crippen LogP contribution in [0.5, 0.6) is 0 Å². The van der Waals surface area contributed by atoms with Gasteiger partial charge in [-0.1, -0.05) is 30.3 Å². The summed E-state index contributed by atoms with van der Waals surface area (Å²) in [5, 5.41) is 0. The highest BCUT2D eigenvalue weighted by atomic mass is 16.4. The van der Waals surface area contributed by atoms with Crippen molar-refractivity contribution < 1.29 is 4.42 Å². The lowest BCUT2D eigenvalue weighted by atomic mass is 10.1. The van der Waals surface area contributed by atoms with Crippen LogP contribution in [0.3, 0.4) is 0 Å². The third-order valence-corrected chi connectivity index (χ3v) is 3.70. The summed E-state index contributed by atoms with van der Waals surface area (Å²) in [6.45, 7) is 2.20. The standard InChI is InChI=1S/C16H14N2O/c1-11-10-12-6-2-4-8-14(12)18(11)16-17-13-7-3-5-9-15(13)19-16/h2-9,11H,10H2,1H3/t11-/m1/s1. The Morgan fingerprint density at radius 2 is 1.89 bits per heavy atom. The summed E-state index contributed by atoms with van der Waals surface area (Å²) >= 11 is 0. The topological polar surface area (TPSA) is 29.3 Å². The minimum absolute atomic E-state index is 0.380. The molecule has 0 saturated heterocycles. The quantitative estimate of drug-likeness (QED) is 0.655. The first-order chi connectivity index (χ1) is 9.33. The minimum Gasteiger partial charge on any atom is -0.423 e. The molecule has 19 heavy (non-hydrogen) atoms. The first-order valence-electron chi connectivity index (χ1n) is 6.55. The van der Waals surface area contributed by atoms with Gasteiger partial charge in [-0.05, 0) is 37.1 Å². The normalized spacial score (nSPS) is 17.9. The van der Waals surface area contributed by atoms with Crippen LogP contribution in [-0.4, -0.2) is 11.0 Å². The molecule has 0 saturated carbocycles. The number of hydrogen-bond donors (Lipinski definition) is 0. The molecule has 4 rings (SSSR count). The first-order valence-corrected chi connectivity index (χ1v) is 6.55. The number of rotatable bonds is 1. The smallest absolute Gasteiger partial charge is 0.303 e. The monoisotopic (exact) mass is 250 g/mol. The molecule has 0 fully saturated rings. The van der Waals surface area contributed by atoms with Crippen molar-refractivity contribution in [1.29, 1.82) is 0 Å². The Bertz CT molecular complexity index is 714. The van der Waals surface area contributed by atoms with Gasteiger partial charge in [0, 0.05) is 11.7 Å². The van der Waals surface area contributed by atoms with Crippen molar-refractivity contribution in [2.45, 2.75) is 19.4 Å².